The molecule has 0 aromatic heterocycles. The van der Waals surface area contributed by atoms with Crippen LogP contribution in [0.2, 0.25) is 0 Å². The Balaban J connectivity index is -0.0000000708. The minimum Gasteiger partial charge on any atom is -0.478 e. The van der Waals surface area contributed by atoms with Crippen molar-refractivity contribution in [1.29, 1.82) is 0 Å². The van der Waals surface area contributed by atoms with Crippen molar-refractivity contribution in [3.63, 3.8) is 0 Å². The Labute approximate surface area is 151 Å². The van der Waals surface area contributed by atoms with Crippen LogP contribution in [0.1, 0.15) is 13.8 Å². The minimum atomic E-state index is -0.981. The Morgan fingerprint density at radius 1 is 0.577 bits per heavy atom. The SMILES string of the molecule is C=CC(=O)O.C=CC(=O)O.C=CC(=O)O.C=CC(=O)O.CC(O)C(C)O. The molecule has 150 valence electrons. The van der Waals surface area contributed by atoms with Gasteiger partial charge in [-0.25, -0.2) is 19.2 Å². The zero-order chi connectivity index (χ0) is 22.3. The smallest absolute Gasteiger partial charge is 0.327 e. The molecule has 0 aliphatic rings. The molecule has 0 saturated heterocycles. The maximum atomic E-state index is 9.25. The van der Waals surface area contributed by atoms with E-state index in [0.717, 1.165) is 24.3 Å². The largest absolute Gasteiger partial charge is 0.478 e. The monoisotopic (exact) mass is 378 g/mol. The van der Waals surface area contributed by atoms with Gasteiger partial charge in [0.05, 0.1) is 12.2 Å². The molecule has 0 fully saturated rings. The summed E-state index contributed by atoms with van der Waals surface area (Å²) in [6, 6.07) is 0. The van der Waals surface area contributed by atoms with E-state index in [4.69, 9.17) is 30.6 Å². The Hall–Kier alpha value is -3.24. The van der Waals surface area contributed by atoms with Crippen LogP contribution in [0.5, 0.6) is 0 Å². The highest BCUT2D eigenvalue weighted by atomic mass is 16.4. The molecule has 0 aromatic carbocycles. The van der Waals surface area contributed by atoms with Crippen molar-refractivity contribution in [1.82, 2.24) is 0 Å². The molecule has 0 aliphatic heterocycles. The van der Waals surface area contributed by atoms with Gasteiger partial charge in [-0.1, -0.05) is 26.3 Å². The van der Waals surface area contributed by atoms with Crippen LogP contribution in [0, 0.1) is 0 Å². The fraction of sp³-hybridized carbons (Fsp3) is 0.250. The van der Waals surface area contributed by atoms with Gasteiger partial charge in [0.1, 0.15) is 0 Å². The van der Waals surface area contributed by atoms with E-state index in [2.05, 4.69) is 26.3 Å². The summed E-state index contributed by atoms with van der Waals surface area (Å²) in [4.78, 5) is 37.0. The third kappa shape index (κ3) is 106. The summed E-state index contributed by atoms with van der Waals surface area (Å²) in [6.45, 7) is 14.9. The third-order valence-corrected chi connectivity index (χ3v) is 1.40. The number of aliphatic carboxylic acids is 4. The van der Waals surface area contributed by atoms with Crippen LogP contribution in [0.15, 0.2) is 50.6 Å². The zero-order valence-electron chi connectivity index (χ0n) is 14.6. The normalized spacial score (nSPS) is 9.54. The number of carboxylic acid groups (broad SMARTS) is 4. The molecule has 2 atom stereocenters. The van der Waals surface area contributed by atoms with Gasteiger partial charge in [-0.3, -0.25) is 0 Å². The maximum absolute atomic E-state index is 9.25. The average Bonchev–Trinajstić information content (AvgIpc) is 2.56. The lowest BCUT2D eigenvalue weighted by Gasteiger charge is -2.03. The summed E-state index contributed by atoms with van der Waals surface area (Å²) in [7, 11) is 0. The van der Waals surface area contributed by atoms with E-state index in [1.165, 1.54) is 0 Å². The van der Waals surface area contributed by atoms with Gasteiger partial charge in [-0.2, -0.15) is 0 Å². The fourth-order valence-electron chi connectivity index (χ4n) is 0. The predicted molar refractivity (Wildman–Crippen MR) is 94.7 cm³/mol. The van der Waals surface area contributed by atoms with Gasteiger partial charge in [0, 0.05) is 24.3 Å². The quantitative estimate of drug-likeness (QED) is 0.373. The first kappa shape index (κ1) is 34.2. The second kappa shape index (κ2) is 26.6. The van der Waals surface area contributed by atoms with E-state index >= 15 is 0 Å². The molecule has 0 spiro atoms. The van der Waals surface area contributed by atoms with Crippen LogP contribution in [0.4, 0.5) is 0 Å². The molecule has 0 saturated carbocycles. The number of carbonyl (C=O) groups is 4. The van der Waals surface area contributed by atoms with Crippen molar-refractivity contribution in [3.05, 3.63) is 50.6 Å². The Bertz CT molecular complexity index is 372. The summed E-state index contributed by atoms with van der Waals surface area (Å²) in [6.07, 6.45) is 2.15. The molecule has 0 aromatic rings. The van der Waals surface area contributed by atoms with Crippen molar-refractivity contribution in [2.24, 2.45) is 0 Å². The van der Waals surface area contributed by atoms with Crippen molar-refractivity contribution in [3.8, 4) is 0 Å². The summed E-state index contributed by atoms with van der Waals surface area (Å²) in [5.41, 5.74) is 0. The molecule has 0 amide bonds. The van der Waals surface area contributed by atoms with Crippen LogP contribution < -0.4 is 0 Å². The lowest BCUT2D eigenvalue weighted by Crippen LogP contribution is -2.17. The van der Waals surface area contributed by atoms with E-state index in [1.54, 1.807) is 13.8 Å². The van der Waals surface area contributed by atoms with E-state index in [1.807, 2.05) is 0 Å². The molecule has 2 unspecified atom stereocenters. The Morgan fingerprint density at radius 3 is 0.654 bits per heavy atom. The second-order valence-electron chi connectivity index (χ2n) is 3.65. The Morgan fingerprint density at radius 2 is 0.654 bits per heavy atom. The topological polar surface area (TPSA) is 190 Å². The lowest BCUT2D eigenvalue weighted by molar-refractivity contribution is -0.132. The summed E-state index contributed by atoms with van der Waals surface area (Å²) >= 11 is 0. The molecular weight excluding hydrogens is 352 g/mol. The standard InChI is InChI=1S/C4H10O2.4C3H4O2/c1-3(5)4(2)6;4*1-2-3(4)5/h3-6H,1-2H3;4*2H,1H2,(H,4,5). The zero-order valence-corrected chi connectivity index (χ0v) is 14.6. The van der Waals surface area contributed by atoms with E-state index in [0.29, 0.717) is 0 Å². The van der Waals surface area contributed by atoms with Crippen LogP contribution >= 0.6 is 0 Å². The number of carboxylic acids is 4. The molecule has 0 aliphatic carbocycles. The number of aliphatic hydroxyl groups is 2. The number of aliphatic hydroxyl groups excluding tert-OH is 2. The van der Waals surface area contributed by atoms with Gasteiger partial charge < -0.3 is 30.6 Å². The van der Waals surface area contributed by atoms with Gasteiger partial charge in [0.2, 0.25) is 0 Å². The van der Waals surface area contributed by atoms with Crippen LogP contribution in [-0.4, -0.2) is 66.7 Å². The summed E-state index contributed by atoms with van der Waals surface area (Å²) in [5, 5.41) is 47.2. The number of rotatable bonds is 5. The molecule has 26 heavy (non-hydrogen) atoms. The first-order valence-corrected chi connectivity index (χ1v) is 6.50. The van der Waals surface area contributed by atoms with Gasteiger partial charge in [-0.15, -0.1) is 0 Å². The molecular formula is C16H26O10. The van der Waals surface area contributed by atoms with Crippen molar-refractivity contribution in [2.45, 2.75) is 26.1 Å². The number of hydrogen-bond donors (Lipinski definition) is 6. The molecule has 10 nitrogen and oxygen atoms in total. The van der Waals surface area contributed by atoms with Crippen molar-refractivity contribution >= 4 is 23.9 Å². The highest BCUT2D eigenvalue weighted by molar-refractivity contribution is 5.79. The third-order valence-electron chi connectivity index (χ3n) is 1.40. The molecule has 0 heterocycles. The highest BCUT2D eigenvalue weighted by Gasteiger charge is 1.99. The van der Waals surface area contributed by atoms with Gasteiger partial charge >= 0.3 is 23.9 Å². The van der Waals surface area contributed by atoms with E-state index in [-0.39, 0.29) is 0 Å². The van der Waals surface area contributed by atoms with Gasteiger partial charge in [0.15, 0.2) is 0 Å². The molecule has 0 radical (unpaired) electrons. The van der Waals surface area contributed by atoms with Crippen molar-refractivity contribution in [2.75, 3.05) is 0 Å². The van der Waals surface area contributed by atoms with Crippen LogP contribution in [0.3, 0.4) is 0 Å². The fourth-order valence-corrected chi connectivity index (χ4v) is 0. The van der Waals surface area contributed by atoms with E-state index in [9.17, 15) is 19.2 Å². The predicted octanol–water partition coefficient (Wildman–Crippen LogP) is 0.776. The van der Waals surface area contributed by atoms with Crippen molar-refractivity contribution < 1.29 is 49.8 Å². The van der Waals surface area contributed by atoms with E-state index < -0.39 is 36.1 Å². The first-order valence-electron chi connectivity index (χ1n) is 6.50. The van der Waals surface area contributed by atoms with Crippen LogP contribution in [-0.2, 0) is 19.2 Å². The molecule has 6 N–H and O–H groups in total. The van der Waals surface area contributed by atoms with Gasteiger partial charge in [-0.05, 0) is 13.8 Å². The molecule has 10 heteroatoms. The Kier molecular flexibility index (Phi) is 35.0. The maximum Gasteiger partial charge on any atom is 0.327 e. The number of hydrogen-bond acceptors (Lipinski definition) is 6. The van der Waals surface area contributed by atoms with Gasteiger partial charge in [0.25, 0.3) is 0 Å². The second-order valence-corrected chi connectivity index (χ2v) is 3.65. The van der Waals surface area contributed by atoms with Crippen LogP contribution in [0.25, 0.3) is 0 Å². The molecule has 0 rings (SSSR count). The highest BCUT2D eigenvalue weighted by Crippen LogP contribution is 1.85. The lowest BCUT2D eigenvalue weighted by atomic mass is 10.3. The molecule has 0 bridgehead atoms. The summed E-state index contributed by atoms with van der Waals surface area (Å²) < 4.78 is 0. The minimum absolute atomic E-state index is 0.593. The average molecular weight is 378 g/mol. The summed E-state index contributed by atoms with van der Waals surface area (Å²) in [5.74, 6) is -3.93. The first-order chi connectivity index (χ1) is 11.7.